The van der Waals surface area contributed by atoms with Crippen LogP contribution in [0.3, 0.4) is 0 Å². The maximum Gasteiger partial charge on any atom is 0.304 e. The van der Waals surface area contributed by atoms with Crippen molar-refractivity contribution in [2.45, 2.75) is 24.9 Å². The van der Waals surface area contributed by atoms with E-state index < -0.39 is 11.6 Å². The molecule has 1 aromatic carbocycles. The lowest BCUT2D eigenvalue weighted by Gasteiger charge is -2.36. The van der Waals surface area contributed by atoms with Gasteiger partial charge in [0.05, 0.1) is 6.42 Å². The lowest BCUT2D eigenvalue weighted by Crippen LogP contribution is -2.41. The van der Waals surface area contributed by atoms with Crippen LogP contribution in [-0.4, -0.2) is 35.6 Å². The third-order valence-electron chi connectivity index (χ3n) is 3.63. The van der Waals surface area contributed by atoms with Crippen molar-refractivity contribution in [2.24, 2.45) is 0 Å². The molecule has 0 unspecified atom stereocenters. The smallest absolute Gasteiger partial charge is 0.304 e. The highest BCUT2D eigenvalue weighted by Crippen LogP contribution is 2.37. The number of carbonyl (C=O) groups is 1. The zero-order chi connectivity index (χ0) is 13.9. The number of hydrogen-bond acceptors (Lipinski definition) is 2. The van der Waals surface area contributed by atoms with E-state index in [1.165, 1.54) is 0 Å². The maximum absolute atomic E-state index is 14.9. The largest absolute Gasteiger partial charge is 0.481 e. The molecule has 0 aliphatic carbocycles. The Morgan fingerprint density at radius 3 is 2.68 bits per heavy atom. The van der Waals surface area contributed by atoms with Crippen LogP contribution in [-0.2, 0) is 10.5 Å². The van der Waals surface area contributed by atoms with Crippen LogP contribution in [0, 0.1) is 0 Å². The van der Waals surface area contributed by atoms with Gasteiger partial charge in [0, 0.05) is 24.7 Å². The lowest BCUT2D eigenvalue weighted by molar-refractivity contribution is -0.137. The van der Waals surface area contributed by atoms with Gasteiger partial charge in [-0.2, -0.15) is 0 Å². The first-order valence-corrected chi connectivity index (χ1v) is 6.76. The van der Waals surface area contributed by atoms with Crippen molar-refractivity contribution >= 4 is 17.6 Å². The molecular formula is C14H17ClFNO2. The molecule has 1 aliphatic heterocycles. The van der Waals surface area contributed by atoms with Crippen LogP contribution >= 0.6 is 11.6 Å². The zero-order valence-electron chi connectivity index (χ0n) is 10.6. The van der Waals surface area contributed by atoms with Crippen molar-refractivity contribution in [2.75, 3.05) is 19.6 Å². The van der Waals surface area contributed by atoms with E-state index in [2.05, 4.69) is 0 Å². The quantitative estimate of drug-likeness (QED) is 0.924. The highest BCUT2D eigenvalue weighted by Gasteiger charge is 2.36. The summed E-state index contributed by atoms with van der Waals surface area (Å²) in [4.78, 5) is 12.5. The highest BCUT2D eigenvalue weighted by atomic mass is 35.5. The number of hydrogen-bond donors (Lipinski definition) is 1. The summed E-state index contributed by atoms with van der Waals surface area (Å²) in [5.74, 6) is -0.813. The summed E-state index contributed by atoms with van der Waals surface area (Å²) < 4.78 is 14.9. The second-order valence-corrected chi connectivity index (χ2v) is 5.40. The standard InChI is InChI=1S/C14H17ClFNO2/c15-12-3-1-2-11(10-12)14(16)5-8-17(9-6-14)7-4-13(18)19/h1-3,10H,4-9H2,(H,18,19). The molecule has 1 N–H and O–H groups in total. The fourth-order valence-corrected chi connectivity index (χ4v) is 2.63. The molecule has 0 amide bonds. The number of benzene rings is 1. The molecule has 0 bridgehead atoms. The van der Waals surface area contributed by atoms with Crippen molar-refractivity contribution in [3.63, 3.8) is 0 Å². The number of carboxylic acid groups (broad SMARTS) is 1. The Kier molecular flexibility index (Phi) is 4.42. The minimum atomic E-state index is -1.34. The van der Waals surface area contributed by atoms with E-state index in [1.54, 1.807) is 24.3 Å². The molecule has 2 rings (SSSR count). The molecule has 1 heterocycles. The van der Waals surface area contributed by atoms with Crippen LogP contribution in [0.25, 0.3) is 0 Å². The first-order valence-electron chi connectivity index (χ1n) is 6.39. The van der Waals surface area contributed by atoms with Crippen LogP contribution in [0.5, 0.6) is 0 Å². The fourth-order valence-electron chi connectivity index (χ4n) is 2.44. The third-order valence-corrected chi connectivity index (χ3v) is 3.87. The molecule has 5 heteroatoms. The summed E-state index contributed by atoms with van der Waals surface area (Å²) >= 11 is 5.90. The number of alkyl halides is 1. The second kappa shape index (κ2) is 5.88. The average molecular weight is 286 g/mol. The molecule has 19 heavy (non-hydrogen) atoms. The van der Waals surface area contributed by atoms with E-state index >= 15 is 0 Å². The monoisotopic (exact) mass is 285 g/mol. The van der Waals surface area contributed by atoms with Gasteiger partial charge < -0.3 is 10.0 Å². The van der Waals surface area contributed by atoms with Gasteiger partial charge in [-0.05, 0) is 30.5 Å². The molecule has 0 atom stereocenters. The Labute approximate surface area is 117 Å². The summed E-state index contributed by atoms with van der Waals surface area (Å²) in [7, 11) is 0. The third kappa shape index (κ3) is 3.67. The Morgan fingerprint density at radius 2 is 2.11 bits per heavy atom. The van der Waals surface area contributed by atoms with E-state index in [-0.39, 0.29) is 6.42 Å². The van der Waals surface area contributed by atoms with E-state index in [1.807, 2.05) is 4.90 Å². The Balaban J connectivity index is 1.96. The molecule has 1 aromatic rings. The van der Waals surface area contributed by atoms with Crippen molar-refractivity contribution in [1.29, 1.82) is 0 Å². The van der Waals surface area contributed by atoms with E-state index in [0.29, 0.717) is 43.1 Å². The molecule has 0 aromatic heterocycles. The molecular weight excluding hydrogens is 269 g/mol. The SMILES string of the molecule is O=C(O)CCN1CCC(F)(c2cccc(Cl)c2)CC1. The molecule has 1 saturated heterocycles. The molecule has 0 radical (unpaired) electrons. The first kappa shape index (κ1) is 14.3. The lowest BCUT2D eigenvalue weighted by atomic mass is 9.86. The summed E-state index contributed by atoms with van der Waals surface area (Å²) in [6.45, 7) is 1.65. The summed E-state index contributed by atoms with van der Waals surface area (Å²) in [6.07, 6.45) is 0.871. The van der Waals surface area contributed by atoms with Gasteiger partial charge in [0.25, 0.3) is 0 Å². The second-order valence-electron chi connectivity index (χ2n) is 4.96. The van der Waals surface area contributed by atoms with Crippen LogP contribution in [0.2, 0.25) is 5.02 Å². The van der Waals surface area contributed by atoms with Crippen LogP contribution in [0.4, 0.5) is 4.39 Å². The van der Waals surface area contributed by atoms with Crippen LogP contribution < -0.4 is 0 Å². The van der Waals surface area contributed by atoms with Crippen molar-refractivity contribution in [3.8, 4) is 0 Å². The average Bonchev–Trinajstić information content (AvgIpc) is 2.38. The fraction of sp³-hybridized carbons (Fsp3) is 0.500. The Morgan fingerprint density at radius 1 is 1.42 bits per heavy atom. The van der Waals surface area contributed by atoms with Crippen LogP contribution in [0.1, 0.15) is 24.8 Å². The molecule has 1 fully saturated rings. The van der Waals surface area contributed by atoms with Crippen molar-refractivity contribution in [1.82, 2.24) is 4.90 Å². The van der Waals surface area contributed by atoms with Gasteiger partial charge in [-0.15, -0.1) is 0 Å². The minimum Gasteiger partial charge on any atom is -0.481 e. The van der Waals surface area contributed by atoms with Gasteiger partial charge in [-0.3, -0.25) is 4.79 Å². The van der Waals surface area contributed by atoms with E-state index in [4.69, 9.17) is 16.7 Å². The van der Waals surface area contributed by atoms with Gasteiger partial charge in [-0.1, -0.05) is 23.7 Å². The number of likely N-dealkylation sites (tertiary alicyclic amines) is 1. The molecule has 0 spiro atoms. The van der Waals surface area contributed by atoms with Gasteiger partial charge in [0.2, 0.25) is 0 Å². The van der Waals surface area contributed by atoms with Crippen molar-refractivity contribution in [3.05, 3.63) is 34.9 Å². The van der Waals surface area contributed by atoms with Gasteiger partial charge >= 0.3 is 5.97 Å². The van der Waals surface area contributed by atoms with Crippen molar-refractivity contribution < 1.29 is 14.3 Å². The number of aliphatic carboxylic acids is 1. The Hall–Kier alpha value is -1.13. The predicted molar refractivity (Wildman–Crippen MR) is 72.2 cm³/mol. The number of nitrogens with zero attached hydrogens (tertiary/aromatic N) is 1. The van der Waals surface area contributed by atoms with E-state index in [9.17, 15) is 9.18 Å². The number of rotatable bonds is 4. The number of carboxylic acids is 1. The minimum absolute atomic E-state index is 0.108. The van der Waals surface area contributed by atoms with Gasteiger partial charge in [0.1, 0.15) is 5.67 Å². The topological polar surface area (TPSA) is 40.5 Å². The number of halogens is 2. The number of piperidine rings is 1. The zero-order valence-corrected chi connectivity index (χ0v) is 11.4. The Bertz CT molecular complexity index is 459. The maximum atomic E-state index is 14.9. The highest BCUT2D eigenvalue weighted by molar-refractivity contribution is 6.30. The molecule has 104 valence electrons. The molecule has 0 saturated carbocycles. The van der Waals surface area contributed by atoms with Gasteiger partial charge in [0.15, 0.2) is 0 Å². The summed E-state index contributed by atoms with van der Waals surface area (Å²) in [5.41, 5.74) is -0.720. The van der Waals surface area contributed by atoms with E-state index in [0.717, 1.165) is 0 Å². The summed E-state index contributed by atoms with van der Waals surface area (Å²) in [5, 5.41) is 9.18. The predicted octanol–water partition coefficient (Wildman–Crippen LogP) is 3.08. The summed E-state index contributed by atoms with van der Waals surface area (Å²) in [6, 6.07) is 6.93. The molecule has 3 nitrogen and oxygen atoms in total. The normalized spacial score (nSPS) is 19.3. The van der Waals surface area contributed by atoms with Crippen LogP contribution in [0.15, 0.2) is 24.3 Å². The van der Waals surface area contributed by atoms with Gasteiger partial charge in [-0.25, -0.2) is 4.39 Å². The first-order chi connectivity index (χ1) is 8.99. The molecule has 1 aliphatic rings.